The van der Waals surface area contributed by atoms with Crippen LogP contribution in [0.4, 0.5) is 5.13 Å². The quantitative estimate of drug-likeness (QED) is 0.599. The first-order valence-corrected chi connectivity index (χ1v) is 11.2. The number of rotatable bonds is 6. The lowest BCUT2D eigenvalue weighted by molar-refractivity contribution is 0.0600. The molecule has 0 spiro atoms. The van der Waals surface area contributed by atoms with Crippen LogP contribution in [-0.2, 0) is 14.6 Å². The molecule has 150 valence electrons. The zero-order valence-corrected chi connectivity index (χ0v) is 17.3. The number of esters is 1. The highest BCUT2D eigenvalue weighted by Gasteiger charge is 2.16. The maximum absolute atomic E-state index is 12.5. The Bertz CT molecular complexity index is 1150. The van der Waals surface area contributed by atoms with E-state index in [0.29, 0.717) is 16.4 Å². The van der Waals surface area contributed by atoms with Gasteiger partial charge in [-0.3, -0.25) is 10.1 Å². The molecule has 1 aromatic heterocycles. The standard InChI is InChI=1S/C20H18N2O5S2/c1-3-29(25,26)16-6-4-5-15(11-16)18(23)22-20-21-17(12-28-20)13-7-9-14(10-8-13)19(24)27-2/h4-12H,3H2,1-2H3,(H,21,22,23). The average Bonchev–Trinajstić information content (AvgIpc) is 3.21. The third kappa shape index (κ3) is 4.69. The number of aromatic nitrogens is 1. The second-order valence-electron chi connectivity index (χ2n) is 5.99. The van der Waals surface area contributed by atoms with Gasteiger partial charge in [0.25, 0.3) is 5.91 Å². The summed E-state index contributed by atoms with van der Waals surface area (Å²) in [4.78, 5) is 28.5. The van der Waals surface area contributed by atoms with E-state index in [2.05, 4.69) is 15.0 Å². The molecule has 7 nitrogen and oxygen atoms in total. The van der Waals surface area contributed by atoms with Crippen LogP contribution in [0.25, 0.3) is 11.3 Å². The molecule has 29 heavy (non-hydrogen) atoms. The molecule has 0 aliphatic carbocycles. The van der Waals surface area contributed by atoms with Gasteiger partial charge in [-0.25, -0.2) is 18.2 Å². The van der Waals surface area contributed by atoms with Crippen LogP contribution in [0.3, 0.4) is 0 Å². The van der Waals surface area contributed by atoms with Gasteiger partial charge in [0.1, 0.15) is 0 Å². The normalized spacial score (nSPS) is 11.1. The molecule has 1 heterocycles. The molecular weight excluding hydrogens is 412 g/mol. The van der Waals surface area contributed by atoms with Crippen molar-refractivity contribution in [2.24, 2.45) is 0 Å². The number of amides is 1. The number of sulfone groups is 1. The van der Waals surface area contributed by atoms with Crippen molar-refractivity contribution >= 4 is 38.2 Å². The van der Waals surface area contributed by atoms with Gasteiger partial charge in [-0.2, -0.15) is 0 Å². The molecule has 1 amide bonds. The zero-order valence-electron chi connectivity index (χ0n) is 15.7. The smallest absolute Gasteiger partial charge is 0.337 e. The number of benzene rings is 2. The largest absolute Gasteiger partial charge is 0.465 e. The van der Waals surface area contributed by atoms with Crippen LogP contribution in [-0.4, -0.2) is 38.1 Å². The summed E-state index contributed by atoms with van der Waals surface area (Å²) in [6, 6.07) is 12.7. The number of anilines is 1. The van der Waals surface area contributed by atoms with Gasteiger partial charge >= 0.3 is 5.97 Å². The third-order valence-electron chi connectivity index (χ3n) is 4.16. The van der Waals surface area contributed by atoms with Gasteiger partial charge in [0.2, 0.25) is 0 Å². The van der Waals surface area contributed by atoms with Crippen molar-refractivity contribution in [3.8, 4) is 11.3 Å². The van der Waals surface area contributed by atoms with E-state index in [4.69, 9.17) is 0 Å². The number of nitrogens with zero attached hydrogens (tertiary/aromatic N) is 1. The highest BCUT2D eigenvalue weighted by atomic mass is 32.2. The maximum atomic E-state index is 12.5. The summed E-state index contributed by atoms with van der Waals surface area (Å²) in [7, 11) is -2.08. The summed E-state index contributed by atoms with van der Waals surface area (Å²) in [6.07, 6.45) is 0. The summed E-state index contributed by atoms with van der Waals surface area (Å²) in [5.41, 5.74) is 2.09. The summed E-state index contributed by atoms with van der Waals surface area (Å²) >= 11 is 1.24. The second kappa shape index (κ2) is 8.54. The lowest BCUT2D eigenvalue weighted by atomic mass is 10.1. The molecule has 0 atom stereocenters. The topological polar surface area (TPSA) is 102 Å². The van der Waals surface area contributed by atoms with E-state index in [-0.39, 0.29) is 16.2 Å². The zero-order chi connectivity index (χ0) is 21.0. The van der Waals surface area contributed by atoms with Gasteiger partial charge in [0, 0.05) is 16.5 Å². The van der Waals surface area contributed by atoms with Gasteiger partial charge in [0.15, 0.2) is 15.0 Å². The van der Waals surface area contributed by atoms with Crippen molar-refractivity contribution in [1.82, 2.24) is 4.98 Å². The summed E-state index contributed by atoms with van der Waals surface area (Å²) in [5.74, 6) is -0.905. The molecule has 3 aromatic rings. The lowest BCUT2D eigenvalue weighted by Gasteiger charge is -2.05. The van der Waals surface area contributed by atoms with Crippen LogP contribution >= 0.6 is 11.3 Å². The molecule has 0 radical (unpaired) electrons. The minimum absolute atomic E-state index is 0.0390. The van der Waals surface area contributed by atoms with E-state index in [9.17, 15) is 18.0 Å². The van der Waals surface area contributed by atoms with E-state index in [1.54, 1.807) is 42.6 Å². The highest BCUT2D eigenvalue weighted by Crippen LogP contribution is 2.26. The number of nitrogens with one attached hydrogen (secondary N) is 1. The van der Waals surface area contributed by atoms with Gasteiger partial charge in [-0.15, -0.1) is 11.3 Å². The first kappa shape index (κ1) is 20.7. The first-order valence-electron chi connectivity index (χ1n) is 8.62. The molecule has 0 bridgehead atoms. The lowest BCUT2D eigenvalue weighted by Crippen LogP contribution is -2.13. The molecule has 0 aliphatic heterocycles. The molecule has 0 saturated heterocycles. The van der Waals surface area contributed by atoms with Crippen molar-refractivity contribution in [3.05, 3.63) is 65.0 Å². The average molecular weight is 431 g/mol. The SMILES string of the molecule is CCS(=O)(=O)c1cccc(C(=O)Nc2nc(-c3ccc(C(=O)OC)cc3)cs2)c1. The molecule has 2 aromatic carbocycles. The Morgan fingerprint density at radius 3 is 2.48 bits per heavy atom. The molecular formula is C20H18N2O5S2. The predicted octanol–water partition coefficient (Wildman–Crippen LogP) is 3.64. The van der Waals surface area contributed by atoms with Crippen molar-refractivity contribution in [2.75, 3.05) is 18.2 Å². The Morgan fingerprint density at radius 1 is 1.10 bits per heavy atom. The van der Waals surface area contributed by atoms with Crippen LogP contribution in [0.5, 0.6) is 0 Å². The number of carbonyl (C=O) groups excluding carboxylic acids is 2. The monoisotopic (exact) mass is 430 g/mol. The molecule has 0 fully saturated rings. The third-order valence-corrected chi connectivity index (χ3v) is 6.65. The van der Waals surface area contributed by atoms with E-state index in [0.717, 1.165) is 5.56 Å². The van der Waals surface area contributed by atoms with Crippen molar-refractivity contribution in [2.45, 2.75) is 11.8 Å². The summed E-state index contributed by atoms with van der Waals surface area (Å²) in [5, 5.41) is 4.84. The highest BCUT2D eigenvalue weighted by molar-refractivity contribution is 7.91. The fourth-order valence-corrected chi connectivity index (χ4v) is 4.17. The molecule has 3 rings (SSSR count). The first-order chi connectivity index (χ1) is 13.8. The van der Waals surface area contributed by atoms with Crippen molar-refractivity contribution in [3.63, 3.8) is 0 Å². The molecule has 9 heteroatoms. The van der Waals surface area contributed by atoms with Crippen LogP contribution in [0.2, 0.25) is 0 Å². The van der Waals surface area contributed by atoms with Crippen molar-refractivity contribution in [1.29, 1.82) is 0 Å². The molecule has 0 saturated carbocycles. The van der Waals surface area contributed by atoms with Gasteiger partial charge in [-0.05, 0) is 30.3 Å². The Morgan fingerprint density at radius 2 is 1.83 bits per heavy atom. The van der Waals surface area contributed by atoms with E-state index in [1.165, 1.54) is 36.6 Å². The van der Waals surface area contributed by atoms with Gasteiger partial charge < -0.3 is 4.74 Å². The second-order valence-corrected chi connectivity index (χ2v) is 9.13. The fraction of sp³-hybridized carbons (Fsp3) is 0.150. The van der Waals surface area contributed by atoms with Crippen LogP contribution in [0, 0.1) is 0 Å². The maximum Gasteiger partial charge on any atom is 0.337 e. The number of hydrogen-bond acceptors (Lipinski definition) is 7. The van der Waals surface area contributed by atoms with Crippen LogP contribution in [0.1, 0.15) is 27.6 Å². The molecule has 1 N–H and O–H groups in total. The van der Waals surface area contributed by atoms with E-state index < -0.39 is 21.7 Å². The molecule has 0 aliphatic rings. The Kier molecular flexibility index (Phi) is 6.09. The fourth-order valence-electron chi connectivity index (χ4n) is 2.53. The van der Waals surface area contributed by atoms with Crippen molar-refractivity contribution < 1.29 is 22.7 Å². The number of ether oxygens (including phenoxy) is 1. The number of thiazole rings is 1. The minimum atomic E-state index is -3.40. The number of hydrogen-bond donors (Lipinski definition) is 1. The molecule has 0 unspecified atom stereocenters. The number of methoxy groups -OCH3 is 1. The Hall–Kier alpha value is -3.04. The Balaban J connectivity index is 1.76. The Labute approximate surface area is 172 Å². The number of carbonyl (C=O) groups is 2. The van der Waals surface area contributed by atoms with Crippen LogP contribution < -0.4 is 5.32 Å². The van der Waals surface area contributed by atoms with Crippen LogP contribution in [0.15, 0.2) is 58.8 Å². The van der Waals surface area contributed by atoms with E-state index >= 15 is 0 Å². The van der Waals surface area contributed by atoms with Gasteiger partial charge in [0.05, 0.1) is 29.0 Å². The summed E-state index contributed by atoms with van der Waals surface area (Å²) in [6.45, 7) is 1.55. The summed E-state index contributed by atoms with van der Waals surface area (Å²) < 4.78 is 28.7. The van der Waals surface area contributed by atoms with Gasteiger partial charge in [-0.1, -0.05) is 25.1 Å². The van der Waals surface area contributed by atoms with E-state index in [1.807, 2.05) is 0 Å². The minimum Gasteiger partial charge on any atom is -0.465 e. The predicted molar refractivity (Wildman–Crippen MR) is 111 cm³/mol.